The van der Waals surface area contributed by atoms with Gasteiger partial charge in [0, 0.05) is 12.6 Å². The molecule has 1 N–H and O–H groups in total. The molecule has 0 bridgehead atoms. The van der Waals surface area contributed by atoms with Crippen LogP contribution in [-0.2, 0) is 7.05 Å². The van der Waals surface area contributed by atoms with E-state index in [0.717, 1.165) is 17.7 Å². The second-order valence-electron chi connectivity index (χ2n) is 6.82. The number of methoxy groups -OCH3 is 1. The van der Waals surface area contributed by atoms with Crippen LogP contribution in [0.4, 0.5) is 14.5 Å². The molecule has 1 aliphatic carbocycles. The first-order valence-corrected chi connectivity index (χ1v) is 8.95. The summed E-state index contributed by atoms with van der Waals surface area (Å²) < 4.78 is 34.6. The number of aryl methyl sites for hydroxylation is 1. The largest absolute Gasteiger partial charge is 0.496 e. The van der Waals surface area contributed by atoms with Crippen LogP contribution in [0, 0.1) is 11.6 Å². The normalized spacial score (nSPS) is 13.4. The van der Waals surface area contributed by atoms with E-state index in [9.17, 15) is 13.6 Å². The number of ether oxygens (including phenoxy) is 1. The maximum atomic E-state index is 13.8. The number of benzene rings is 2. The fourth-order valence-corrected chi connectivity index (χ4v) is 3.22. The molecule has 1 fully saturated rings. The lowest BCUT2D eigenvalue weighted by atomic mass is 10.0. The summed E-state index contributed by atoms with van der Waals surface area (Å²) in [7, 11) is 3.29. The number of aromatic nitrogens is 2. The Kier molecular flexibility index (Phi) is 4.58. The average molecular weight is 383 g/mol. The number of anilines is 1. The molecule has 0 aliphatic heterocycles. The summed E-state index contributed by atoms with van der Waals surface area (Å²) in [5.74, 6) is -1.15. The number of hydrogen-bond donors (Lipinski definition) is 1. The van der Waals surface area contributed by atoms with E-state index in [4.69, 9.17) is 4.74 Å². The minimum absolute atomic E-state index is 0.0547. The SMILES string of the molecule is COc1ccc(C2CC2)cc1-c1cc(C(=O)Nc2c(F)cccc2F)nn1C. The Morgan fingerprint density at radius 1 is 1.18 bits per heavy atom. The summed E-state index contributed by atoms with van der Waals surface area (Å²) in [6.07, 6.45) is 2.33. The van der Waals surface area contributed by atoms with Crippen molar-refractivity contribution in [3.8, 4) is 17.0 Å². The average Bonchev–Trinajstić information content (AvgIpc) is 3.46. The standard InChI is InChI=1S/C21H19F2N3O2/c1-26-18(14-10-13(12-6-7-12)8-9-19(14)28-2)11-17(25-26)21(27)24-20-15(22)4-3-5-16(20)23/h3-5,8-12H,6-7H2,1-2H3,(H,24,27). The summed E-state index contributed by atoms with van der Waals surface area (Å²) in [5, 5.41) is 6.47. The summed E-state index contributed by atoms with van der Waals surface area (Å²) in [6.45, 7) is 0. The van der Waals surface area contributed by atoms with E-state index in [0.29, 0.717) is 17.4 Å². The van der Waals surface area contributed by atoms with E-state index in [1.54, 1.807) is 24.9 Å². The van der Waals surface area contributed by atoms with Crippen LogP contribution < -0.4 is 10.1 Å². The van der Waals surface area contributed by atoms with Crippen LogP contribution in [0.25, 0.3) is 11.3 Å². The van der Waals surface area contributed by atoms with Crippen molar-refractivity contribution in [3.05, 3.63) is 65.4 Å². The van der Waals surface area contributed by atoms with Gasteiger partial charge in [0.15, 0.2) is 5.69 Å². The Hall–Kier alpha value is -3.22. The molecule has 2 aromatic carbocycles. The first-order valence-electron chi connectivity index (χ1n) is 8.95. The van der Waals surface area contributed by atoms with Crippen LogP contribution in [0.2, 0.25) is 0 Å². The Bertz CT molecular complexity index is 1040. The predicted octanol–water partition coefficient (Wildman–Crippen LogP) is 4.50. The molecule has 1 saturated carbocycles. The first-order chi connectivity index (χ1) is 13.5. The number of nitrogens with zero attached hydrogens (tertiary/aromatic N) is 2. The Balaban J connectivity index is 1.67. The molecule has 4 rings (SSSR count). The smallest absolute Gasteiger partial charge is 0.276 e. The van der Waals surface area contributed by atoms with Crippen molar-refractivity contribution in [2.45, 2.75) is 18.8 Å². The van der Waals surface area contributed by atoms with E-state index in [2.05, 4.69) is 10.4 Å². The summed E-state index contributed by atoms with van der Waals surface area (Å²) in [4.78, 5) is 12.5. The highest BCUT2D eigenvalue weighted by Gasteiger charge is 2.25. The lowest BCUT2D eigenvalue weighted by molar-refractivity contribution is 0.102. The minimum atomic E-state index is -0.844. The van der Waals surface area contributed by atoms with Gasteiger partial charge in [-0.15, -0.1) is 0 Å². The molecular formula is C21H19F2N3O2. The number of hydrogen-bond acceptors (Lipinski definition) is 3. The fourth-order valence-electron chi connectivity index (χ4n) is 3.22. The van der Waals surface area contributed by atoms with Crippen molar-refractivity contribution < 1.29 is 18.3 Å². The highest BCUT2D eigenvalue weighted by Crippen LogP contribution is 2.43. The van der Waals surface area contributed by atoms with Gasteiger partial charge in [0.25, 0.3) is 5.91 Å². The molecule has 144 valence electrons. The monoisotopic (exact) mass is 383 g/mol. The van der Waals surface area contributed by atoms with Gasteiger partial charge in [-0.25, -0.2) is 8.78 Å². The Labute approximate surface area is 160 Å². The van der Waals surface area contributed by atoms with Gasteiger partial charge in [0.2, 0.25) is 0 Å². The van der Waals surface area contributed by atoms with Crippen LogP contribution >= 0.6 is 0 Å². The number of nitrogens with one attached hydrogen (secondary N) is 1. The van der Waals surface area contributed by atoms with Gasteiger partial charge in [0.05, 0.1) is 12.8 Å². The van der Waals surface area contributed by atoms with E-state index in [1.165, 1.54) is 24.5 Å². The zero-order valence-electron chi connectivity index (χ0n) is 15.5. The predicted molar refractivity (Wildman–Crippen MR) is 101 cm³/mol. The van der Waals surface area contributed by atoms with Gasteiger partial charge in [0.1, 0.15) is 23.1 Å². The van der Waals surface area contributed by atoms with E-state index < -0.39 is 23.2 Å². The quantitative estimate of drug-likeness (QED) is 0.706. The molecule has 1 aromatic heterocycles. The first kappa shape index (κ1) is 18.2. The van der Waals surface area contributed by atoms with Crippen LogP contribution in [0.1, 0.15) is 34.8 Å². The van der Waals surface area contributed by atoms with Crippen molar-refractivity contribution in [3.63, 3.8) is 0 Å². The molecule has 28 heavy (non-hydrogen) atoms. The topological polar surface area (TPSA) is 56.1 Å². The fraction of sp³-hybridized carbons (Fsp3) is 0.238. The number of carbonyl (C=O) groups excluding carboxylic acids is 1. The number of rotatable bonds is 5. The zero-order chi connectivity index (χ0) is 19.8. The molecule has 0 unspecified atom stereocenters. The molecule has 1 heterocycles. The molecule has 5 nitrogen and oxygen atoms in total. The van der Waals surface area contributed by atoms with E-state index >= 15 is 0 Å². The third-order valence-electron chi connectivity index (χ3n) is 4.86. The van der Waals surface area contributed by atoms with Crippen molar-refractivity contribution in [1.82, 2.24) is 9.78 Å². The van der Waals surface area contributed by atoms with Crippen LogP contribution in [0.15, 0.2) is 42.5 Å². The third-order valence-corrected chi connectivity index (χ3v) is 4.86. The van der Waals surface area contributed by atoms with Gasteiger partial charge >= 0.3 is 0 Å². The zero-order valence-corrected chi connectivity index (χ0v) is 15.5. The Morgan fingerprint density at radius 3 is 2.54 bits per heavy atom. The number of halogens is 2. The molecule has 0 saturated heterocycles. The molecular weight excluding hydrogens is 364 g/mol. The Morgan fingerprint density at radius 2 is 1.89 bits per heavy atom. The molecule has 1 amide bonds. The maximum Gasteiger partial charge on any atom is 0.276 e. The lowest BCUT2D eigenvalue weighted by Gasteiger charge is -2.10. The van der Waals surface area contributed by atoms with Gasteiger partial charge in [-0.2, -0.15) is 5.10 Å². The summed E-state index contributed by atoms with van der Waals surface area (Å²) in [5.41, 5.74) is 2.28. The van der Waals surface area contributed by atoms with E-state index in [1.807, 2.05) is 18.2 Å². The third kappa shape index (κ3) is 3.35. The number of carbonyl (C=O) groups is 1. The molecule has 7 heteroatoms. The van der Waals surface area contributed by atoms with Crippen molar-refractivity contribution in [2.75, 3.05) is 12.4 Å². The molecule has 0 radical (unpaired) electrons. The number of para-hydroxylation sites is 1. The number of amides is 1. The highest BCUT2D eigenvalue weighted by atomic mass is 19.1. The van der Waals surface area contributed by atoms with E-state index in [-0.39, 0.29) is 5.69 Å². The van der Waals surface area contributed by atoms with Crippen LogP contribution in [0.5, 0.6) is 5.75 Å². The van der Waals surface area contributed by atoms with Crippen LogP contribution in [0.3, 0.4) is 0 Å². The van der Waals surface area contributed by atoms with Gasteiger partial charge in [-0.1, -0.05) is 12.1 Å². The van der Waals surface area contributed by atoms with Crippen molar-refractivity contribution in [2.24, 2.45) is 7.05 Å². The second kappa shape index (κ2) is 7.07. The molecule has 3 aromatic rings. The molecule has 0 spiro atoms. The second-order valence-corrected chi connectivity index (χ2v) is 6.82. The lowest BCUT2D eigenvalue weighted by Crippen LogP contribution is -2.15. The highest BCUT2D eigenvalue weighted by molar-refractivity contribution is 6.03. The molecule has 1 aliphatic rings. The molecule has 0 atom stereocenters. The van der Waals surface area contributed by atoms with Crippen LogP contribution in [-0.4, -0.2) is 22.8 Å². The summed E-state index contributed by atoms with van der Waals surface area (Å²) >= 11 is 0. The van der Waals surface area contributed by atoms with Gasteiger partial charge in [-0.3, -0.25) is 9.48 Å². The minimum Gasteiger partial charge on any atom is -0.496 e. The maximum absolute atomic E-state index is 13.8. The van der Waals surface area contributed by atoms with Gasteiger partial charge < -0.3 is 10.1 Å². The summed E-state index contributed by atoms with van der Waals surface area (Å²) in [6, 6.07) is 11.0. The van der Waals surface area contributed by atoms with Crippen molar-refractivity contribution >= 4 is 11.6 Å². The van der Waals surface area contributed by atoms with Crippen molar-refractivity contribution in [1.29, 1.82) is 0 Å². The van der Waals surface area contributed by atoms with Gasteiger partial charge in [-0.05, 0) is 54.7 Å².